The Hall–Kier alpha value is -1.62. The molecule has 0 saturated heterocycles. The predicted molar refractivity (Wildman–Crippen MR) is 83.2 cm³/mol. The SMILES string of the molecule is CCN(CCC(C)(NC(C)C)C(=O)O)c1ccccc1F. The zero-order valence-corrected chi connectivity index (χ0v) is 13.2. The van der Waals surface area contributed by atoms with Gasteiger partial charge in [0.25, 0.3) is 0 Å². The van der Waals surface area contributed by atoms with E-state index in [1.165, 1.54) is 6.07 Å². The third-order valence-electron chi connectivity index (χ3n) is 3.54. The van der Waals surface area contributed by atoms with E-state index in [9.17, 15) is 14.3 Å². The van der Waals surface area contributed by atoms with E-state index < -0.39 is 11.5 Å². The summed E-state index contributed by atoms with van der Waals surface area (Å²) in [5.41, 5.74) is -0.510. The van der Waals surface area contributed by atoms with Crippen molar-refractivity contribution < 1.29 is 14.3 Å². The van der Waals surface area contributed by atoms with Gasteiger partial charge in [-0.1, -0.05) is 12.1 Å². The first-order valence-electron chi connectivity index (χ1n) is 7.30. The zero-order chi connectivity index (χ0) is 16.0. The van der Waals surface area contributed by atoms with Gasteiger partial charge in [0.15, 0.2) is 0 Å². The number of anilines is 1. The number of rotatable bonds is 8. The quantitative estimate of drug-likeness (QED) is 0.774. The van der Waals surface area contributed by atoms with Crippen molar-refractivity contribution in [3.05, 3.63) is 30.1 Å². The van der Waals surface area contributed by atoms with Gasteiger partial charge in [0, 0.05) is 19.1 Å². The van der Waals surface area contributed by atoms with Crippen LogP contribution in [0, 0.1) is 5.82 Å². The molecule has 2 N–H and O–H groups in total. The largest absolute Gasteiger partial charge is 0.480 e. The van der Waals surface area contributed by atoms with Gasteiger partial charge >= 0.3 is 5.97 Å². The highest BCUT2D eigenvalue weighted by Crippen LogP contribution is 2.21. The van der Waals surface area contributed by atoms with Gasteiger partial charge in [-0.25, -0.2) is 4.39 Å². The minimum atomic E-state index is -1.02. The molecule has 1 unspecified atom stereocenters. The molecule has 4 nitrogen and oxygen atoms in total. The molecule has 5 heteroatoms. The summed E-state index contributed by atoms with van der Waals surface area (Å²) >= 11 is 0. The van der Waals surface area contributed by atoms with Crippen LogP contribution in [0.5, 0.6) is 0 Å². The zero-order valence-electron chi connectivity index (χ0n) is 13.2. The lowest BCUT2D eigenvalue weighted by molar-refractivity contribution is -0.144. The molecule has 0 aliphatic rings. The third kappa shape index (κ3) is 4.70. The number of carboxylic acid groups (broad SMARTS) is 1. The van der Waals surface area contributed by atoms with Crippen LogP contribution in [-0.2, 0) is 4.79 Å². The molecule has 0 aliphatic heterocycles. The number of aliphatic carboxylic acids is 1. The van der Waals surface area contributed by atoms with Crippen LogP contribution in [0.4, 0.5) is 10.1 Å². The monoisotopic (exact) mass is 296 g/mol. The van der Waals surface area contributed by atoms with E-state index in [2.05, 4.69) is 5.32 Å². The summed E-state index contributed by atoms with van der Waals surface area (Å²) in [6.45, 7) is 8.52. The lowest BCUT2D eigenvalue weighted by Gasteiger charge is -2.32. The van der Waals surface area contributed by atoms with E-state index in [1.807, 2.05) is 25.7 Å². The van der Waals surface area contributed by atoms with E-state index in [1.54, 1.807) is 25.1 Å². The van der Waals surface area contributed by atoms with E-state index in [-0.39, 0.29) is 11.9 Å². The fraction of sp³-hybridized carbons (Fsp3) is 0.562. The second kappa shape index (κ2) is 7.41. The number of carboxylic acids is 1. The molecule has 1 aromatic rings. The van der Waals surface area contributed by atoms with Gasteiger partial charge in [0.1, 0.15) is 11.4 Å². The topological polar surface area (TPSA) is 52.6 Å². The minimum Gasteiger partial charge on any atom is -0.480 e. The second-order valence-electron chi connectivity index (χ2n) is 5.72. The Bertz CT molecular complexity index is 479. The molecule has 0 bridgehead atoms. The maximum absolute atomic E-state index is 13.8. The average Bonchev–Trinajstić information content (AvgIpc) is 2.40. The molecule has 21 heavy (non-hydrogen) atoms. The Balaban J connectivity index is 2.82. The molecule has 0 amide bonds. The van der Waals surface area contributed by atoms with Crippen molar-refractivity contribution in [1.29, 1.82) is 0 Å². The smallest absolute Gasteiger partial charge is 0.323 e. The van der Waals surface area contributed by atoms with Gasteiger partial charge in [-0.05, 0) is 46.2 Å². The fourth-order valence-electron chi connectivity index (χ4n) is 2.39. The van der Waals surface area contributed by atoms with E-state index >= 15 is 0 Å². The highest BCUT2D eigenvalue weighted by molar-refractivity contribution is 5.78. The molecule has 0 aliphatic carbocycles. The predicted octanol–water partition coefficient (Wildman–Crippen LogP) is 2.88. The van der Waals surface area contributed by atoms with Crippen LogP contribution in [0.3, 0.4) is 0 Å². The number of halogens is 1. The fourth-order valence-corrected chi connectivity index (χ4v) is 2.39. The first kappa shape index (κ1) is 17.4. The van der Waals surface area contributed by atoms with Crippen LogP contribution >= 0.6 is 0 Å². The van der Waals surface area contributed by atoms with Crippen molar-refractivity contribution in [2.75, 3.05) is 18.0 Å². The molecule has 0 spiro atoms. The van der Waals surface area contributed by atoms with Crippen molar-refractivity contribution in [2.24, 2.45) is 0 Å². The van der Waals surface area contributed by atoms with E-state index in [4.69, 9.17) is 0 Å². The summed E-state index contributed by atoms with van der Waals surface area (Å²) < 4.78 is 13.8. The maximum atomic E-state index is 13.8. The molecule has 0 aromatic heterocycles. The number of carbonyl (C=O) groups is 1. The highest BCUT2D eigenvalue weighted by Gasteiger charge is 2.33. The first-order chi connectivity index (χ1) is 9.80. The molecule has 1 aromatic carbocycles. The van der Waals surface area contributed by atoms with Crippen molar-refractivity contribution in [3.8, 4) is 0 Å². The number of hydrogen-bond donors (Lipinski definition) is 2. The van der Waals surface area contributed by atoms with Gasteiger partial charge < -0.3 is 10.0 Å². The number of nitrogens with zero attached hydrogens (tertiary/aromatic N) is 1. The summed E-state index contributed by atoms with van der Waals surface area (Å²) in [4.78, 5) is 13.4. The summed E-state index contributed by atoms with van der Waals surface area (Å²) in [7, 11) is 0. The van der Waals surface area contributed by atoms with Crippen LogP contribution in [-0.4, -0.2) is 35.7 Å². The van der Waals surface area contributed by atoms with Crippen LogP contribution in [0.25, 0.3) is 0 Å². The van der Waals surface area contributed by atoms with Crippen molar-refractivity contribution in [2.45, 2.75) is 45.7 Å². The van der Waals surface area contributed by atoms with E-state index in [0.29, 0.717) is 25.2 Å². The summed E-state index contributed by atoms with van der Waals surface area (Å²) in [6.07, 6.45) is 0.392. The molecular weight excluding hydrogens is 271 g/mol. The standard InChI is InChI=1S/C16H25FN2O2/c1-5-19(14-9-7-6-8-13(14)17)11-10-16(4,15(20)21)18-12(2)3/h6-9,12,18H,5,10-11H2,1-4H3,(H,20,21). The van der Waals surface area contributed by atoms with Gasteiger partial charge in [0.2, 0.25) is 0 Å². The van der Waals surface area contributed by atoms with Gasteiger partial charge in [0.05, 0.1) is 5.69 Å². The molecule has 1 rings (SSSR count). The normalized spacial score (nSPS) is 14.0. The first-order valence-corrected chi connectivity index (χ1v) is 7.30. The van der Waals surface area contributed by atoms with Crippen molar-refractivity contribution in [3.63, 3.8) is 0 Å². The van der Waals surface area contributed by atoms with Crippen LogP contribution in [0.1, 0.15) is 34.1 Å². The number of nitrogens with one attached hydrogen (secondary N) is 1. The van der Waals surface area contributed by atoms with Crippen LogP contribution in [0.2, 0.25) is 0 Å². The molecule has 118 valence electrons. The van der Waals surface area contributed by atoms with Crippen LogP contribution in [0.15, 0.2) is 24.3 Å². The third-order valence-corrected chi connectivity index (χ3v) is 3.54. The number of benzene rings is 1. The number of hydrogen-bond acceptors (Lipinski definition) is 3. The molecule has 1 atom stereocenters. The van der Waals surface area contributed by atoms with Gasteiger partial charge in [-0.15, -0.1) is 0 Å². The van der Waals surface area contributed by atoms with Crippen molar-refractivity contribution in [1.82, 2.24) is 5.32 Å². The Morgan fingerprint density at radius 1 is 1.43 bits per heavy atom. The van der Waals surface area contributed by atoms with Crippen molar-refractivity contribution >= 4 is 11.7 Å². The Labute approximate surface area is 126 Å². The lowest BCUT2D eigenvalue weighted by Crippen LogP contribution is -2.54. The average molecular weight is 296 g/mol. The molecular formula is C16H25FN2O2. The lowest BCUT2D eigenvalue weighted by atomic mass is 9.96. The van der Waals surface area contributed by atoms with Crippen LogP contribution < -0.4 is 10.2 Å². The summed E-state index contributed by atoms with van der Waals surface area (Å²) in [5, 5.41) is 12.5. The minimum absolute atomic E-state index is 0.0645. The Morgan fingerprint density at radius 2 is 2.05 bits per heavy atom. The Kier molecular flexibility index (Phi) is 6.15. The molecule has 0 saturated carbocycles. The molecule has 0 heterocycles. The highest BCUT2D eigenvalue weighted by atomic mass is 19.1. The summed E-state index contributed by atoms with van der Waals surface area (Å²) in [5.74, 6) is -1.17. The van der Waals surface area contributed by atoms with Gasteiger partial charge in [-0.2, -0.15) is 0 Å². The summed E-state index contributed by atoms with van der Waals surface area (Å²) in [6, 6.07) is 6.63. The molecule has 0 fully saturated rings. The van der Waals surface area contributed by atoms with E-state index in [0.717, 1.165) is 0 Å². The van der Waals surface area contributed by atoms with Gasteiger partial charge in [-0.3, -0.25) is 10.1 Å². The Morgan fingerprint density at radius 3 is 2.52 bits per heavy atom. The maximum Gasteiger partial charge on any atom is 0.323 e. The second-order valence-corrected chi connectivity index (χ2v) is 5.72. The molecule has 0 radical (unpaired) electrons. The number of para-hydroxylation sites is 1.